The maximum absolute atomic E-state index is 13.0. The van der Waals surface area contributed by atoms with Gasteiger partial charge in [0.05, 0.1) is 5.41 Å². The Morgan fingerprint density at radius 1 is 1.19 bits per heavy atom. The van der Waals surface area contributed by atoms with E-state index < -0.39 is 5.41 Å². The van der Waals surface area contributed by atoms with Gasteiger partial charge in [0.25, 0.3) is 0 Å². The van der Waals surface area contributed by atoms with Crippen molar-refractivity contribution in [1.82, 2.24) is 4.90 Å². The fourth-order valence-electron chi connectivity index (χ4n) is 4.06. The Labute approximate surface area is 127 Å². The van der Waals surface area contributed by atoms with Crippen LogP contribution in [-0.4, -0.2) is 29.9 Å². The third-order valence-corrected chi connectivity index (χ3v) is 5.47. The molecule has 3 nitrogen and oxygen atoms in total. The van der Waals surface area contributed by atoms with Gasteiger partial charge >= 0.3 is 0 Å². The van der Waals surface area contributed by atoms with Crippen LogP contribution in [0.15, 0.2) is 30.3 Å². The predicted molar refractivity (Wildman–Crippen MR) is 84.9 cm³/mol. The summed E-state index contributed by atoms with van der Waals surface area (Å²) in [5.41, 5.74) is 6.90. The number of amides is 1. The second kappa shape index (κ2) is 5.45. The molecule has 2 aliphatic rings. The van der Waals surface area contributed by atoms with Crippen molar-refractivity contribution in [2.45, 2.75) is 44.6 Å². The van der Waals surface area contributed by atoms with E-state index in [2.05, 4.69) is 4.90 Å². The van der Waals surface area contributed by atoms with E-state index in [1.54, 1.807) is 0 Å². The number of carbonyl (C=O) groups excluding carboxylic acids is 1. The summed E-state index contributed by atoms with van der Waals surface area (Å²) in [7, 11) is 0. The molecule has 1 aromatic rings. The van der Waals surface area contributed by atoms with E-state index in [1.807, 2.05) is 44.2 Å². The molecule has 21 heavy (non-hydrogen) atoms. The third-order valence-electron chi connectivity index (χ3n) is 5.47. The number of nitrogens with two attached hydrogens (primary N) is 1. The van der Waals surface area contributed by atoms with Crippen LogP contribution in [0.5, 0.6) is 0 Å². The first-order chi connectivity index (χ1) is 10.00. The van der Waals surface area contributed by atoms with Crippen molar-refractivity contribution in [2.24, 2.45) is 17.6 Å². The topological polar surface area (TPSA) is 46.3 Å². The molecule has 1 aromatic carbocycles. The molecule has 0 bridgehead atoms. The van der Waals surface area contributed by atoms with Crippen LogP contribution in [0.4, 0.5) is 0 Å². The Hall–Kier alpha value is -1.35. The molecule has 2 fully saturated rings. The molecule has 0 spiro atoms. The van der Waals surface area contributed by atoms with Gasteiger partial charge < -0.3 is 10.6 Å². The number of carbonyl (C=O) groups is 1. The van der Waals surface area contributed by atoms with Gasteiger partial charge in [-0.3, -0.25) is 4.79 Å². The minimum atomic E-state index is -0.459. The molecule has 3 atom stereocenters. The molecule has 2 N–H and O–H groups in total. The van der Waals surface area contributed by atoms with E-state index in [1.165, 1.54) is 12.8 Å². The number of fused-ring (bicyclic) bond motifs is 1. The van der Waals surface area contributed by atoms with Gasteiger partial charge in [-0.25, -0.2) is 0 Å². The number of benzene rings is 1. The molecule has 1 amide bonds. The molecular formula is C18H26N2O. The lowest BCUT2D eigenvalue weighted by molar-refractivity contribution is -0.135. The summed E-state index contributed by atoms with van der Waals surface area (Å²) in [4.78, 5) is 15.1. The van der Waals surface area contributed by atoms with E-state index >= 15 is 0 Å². The predicted octanol–water partition coefficient (Wildman–Crippen LogP) is 2.55. The lowest BCUT2D eigenvalue weighted by Crippen LogP contribution is -2.43. The van der Waals surface area contributed by atoms with Crippen molar-refractivity contribution in [3.63, 3.8) is 0 Å². The lowest BCUT2D eigenvalue weighted by atomic mass is 9.78. The smallest absolute Gasteiger partial charge is 0.232 e. The number of rotatable bonds is 2. The van der Waals surface area contributed by atoms with E-state index in [4.69, 9.17) is 5.73 Å². The van der Waals surface area contributed by atoms with Gasteiger partial charge in [0.1, 0.15) is 0 Å². The Morgan fingerprint density at radius 3 is 2.57 bits per heavy atom. The minimum Gasteiger partial charge on any atom is -0.341 e. The molecule has 1 aliphatic carbocycles. The maximum atomic E-state index is 13.0. The Balaban J connectivity index is 1.77. The van der Waals surface area contributed by atoms with Crippen LogP contribution in [-0.2, 0) is 10.2 Å². The molecule has 0 radical (unpaired) electrons. The molecule has 3 unspecified atom stereocenters. The molecule has 1 saturated heterocycles. The van der Waals surface area contributed by atoms with Crippen LogP contribution in [0.3, 0.4) is 0 Å². The molecule has 0 aromatic heterocycles. The van der Waals surface area contributed by atoms with Crippen LogP contribution < -0.4 is 5.73 Å². The molecule has 3 heteroatoms. The van der Waals surface area contributed by atoms with Gasteiger partial charge in [0.15, 0.2) is 0 Å². The van der Waals surface area contributed by atoms with Crippen molar-refractivity contribution in [3.8, 4) is 0 Å². The summed E-state index contributed by atoms with van der Waals surface area (Å²) in [5.74, 6) is 1.37. The second-order valence-corrected chi connectivity index (χ2v) is 7.22. The summed E-state index contributed by atoms with van der Waals surface area (Å²) in [6.07, 6.45) is 3.56. The van der Waals surface area contributed by atoms with Gasteiger partial charge in [-0.2, -0.15) is 0 Å². The molecule has 1 saturated carbocycles. The van der Waals surface area contributed by atoms with Crippen molar-refractivity contribution < 1.29 is 4.79 Å². The van der Waals surface area contributed by atoms with E-state index in [0.29, 0.717) is 11.8 Å². The van der Waals surface area contributed by atoms with Crippen molar-refractivity contribution in [1.29, 1.82) is 0 Å². The van der Waals surface area contributed by atoms with Gasteiger partial charge in [0.2, 0.25) is 5.91 Å². The van der Waals surface area contributed by atoms with Gasteiger partial charge in [-0.1, -0.05) is 36.8 Å². The van der Waals surface area contributed by atoms with Crippen molar-refractivity contribution in [3.05, 3.63) is 35.9 Å². The van der Waals surface area contributed by atoms with Crippen LogP contribution in [0, 0.1) is 11.8 Å². The third kappa shape index (κ3) is 2.59. The first-order valence-corrected chi connectivity index (χ1v) is 8.10. The molecular weight excluding hydrogens is 260 g/mol. The SMILES string of the molecule is CC(C)(C(=O)N1CC2CCCC(N)C2C1)c1ccccc1. The summed E-state index contributed by atoms with van der Waals surface area (Å²) >= 11 is 0. The fraction of sp³-hybridized carbons (Fsp3) is 0.611. The summed E-state index contributed by atoms with van der Waals surface area (Å²) in [6.45, 7) is 5.81. The van der Waals surface area contributed by atoms with Crippen molar-refractivity contribution in [2.75, 3.05) is 13.1 Å². The number of likely N-dealkylation sites (tertiary alicyclic amines) is 1. The molecule has 114 valence electrons. The monoisotopic (exact) mass is 286 g/mol. The average molecular weight is 286 g/mol. The average Bonchev–Trinajstić information content (AvgIpc) is 2.93. The zero-order chi connectivity index (χ0) is 15.0. The van der Waals surface area contributed by atoms with Crippen LogP contribution in [0.25, 0.3) is 0 Å². The Bertz CT molecular complexity index is 511. The first kappa shape index (κ1) is 14.6. The van der Waals surface area contributed by atoms with E-state index in [-0.39, 0.29) is 11.9 Å². The van der Waals surface area contributed by atoms with Gasteiger partial charge in [-0.05, 0) is 44.1 Å². The highest BCUT2D eigenvalue weighted by Crippen LogP contribution is 2.37. The lowest BCUT2D eigenvalue weighted by Gasteiger charge is -2.30. The quantitative estimate of drug-likeness (QED) is 0.908. The van der Waals surface area contributed by atoms with Crippen molar-refractivity contribution >= 4 is 5.91 Å². The van der Waals surface area contributed by atoms with Gasteiger partial charge in [0, 0.05) is 19.1 Å². The standard InChI is InChI=1S/C18H26N2O/c1-18(2,14-8-4-3-5-9-14)17(21)20-11-13-7-6-10-16(19)15(13)12-20/h3-5,8-9,13,15-16H,6-7,10-12,19H2,1-2H3. The number of hydrogen-bond donors (Lipinski definition) is 1. The molecule has 3 rings (SSSR count). The highest BCUT2D eigenvalue weighted by Gasteiger charge is 2.43. The number of nitrogens with zero attached hydrogens (tertiary/aromatic N) is 1. The van der Waals surface area contributed by atoms with Crippen LogP contribution >= 0.6 is 0 Å². The highest BCUT2D eigenvalue weighted by atomic mass is 16.2. The minimum absolute atomic E-state index is 0.246. The maximum Gasteiger partial charge on any atom is 0.232 e. The molecule has 1 aliphatic heterocycles. The van der Waals surface area contributed by atoms with E-state index in [0.717, 1.165) is 25.1 Å². The molecule has 1 heterocycles. The first-order valence-electron chi connectivity index (χ1n) is 8.10. The summed E-state index contributed by atoms with van der Waals surface area (Å²) in [5, 5.41) is 0. The van der Waals surface area contributed by atoms with Gasteiger partial charge in [-0.15, -0.1) is 0 Å². The summed E-state index contributed by atoms with van der Waals surface area (Å²) in [6, 6.07) is 10.4. The zero-order valence-electron chi connectivity index (χ0n) is 13.1. The van der Waals surface area contributed by atoms with Crippen LogP contribution in [0.1, 0.15) is 38.7 Å². The van der Waals surface area contributed by atoms with E-state index in [9.17, 15) is 4.79 Å². The fourth-order valence-corrected chi connectivity index (χ4v) is 4.06. The Morgan fingerprint density at radius 2 is 1.90 bits per heavy atom. The summed E-state index contributed by atoms with van der Waals surface area (Å²) < 4.78 is 0. The highest BCUT2D eigenvalue weighted by molar-refractivity contribution is 5.87. The second-order valence-electron chi connectivity index (χ2n) is 7.22. The Kier molecular flexibility index (Phi) is 3.78. The van der Waals surface area contributed by atoms with Crippen LogP contribution in [0.2, 0.25) is 0 Å². The number of hydrogen-bond acceptors (Lipinski definition) is 2. The largest absolute Gasteiger partial charge is 0.341 e. The normalized spacial score (nSPS) is 29.3. The zero-order valence-corrected chi connectivity index (χ0v) is 13.1.